The minimum absolute atomic E-state index is 0.0994. The Morgan fingerprint density at radius 2 is 2.40 bits per heavy atom. The van der Waals surface area contributed by atoms with Gasteiger partial charge in [0.25, 0.3) is 0 Å². The van der Waals surface area contributed by atoms with Gasteiger partial charge in [0.05, 0.1) is 12.9 Å². The van der Waals surface area contributed by atoms with E-state index in [4.69, 9.17) is 10.6 Å². The van der Waals surface area contributed by atoms with Crippen LogP contribution in [0.5, 0.6) is 0 Å². The van der Waals surface area contributed by atoms with Gasteiger partial charge in [-0.3, -0.25) is 4.79 Å². The molecule has 0 bridgehead atoms. The van der Waals surface area contributed by atoms with Crippen LogP contribution in [0.1, 0.15) is 0 Å². The van der Waals surface area contributed by atoms with Crippen molar-refractivity contribution in [1.82, 2.24) is 19.7 Å². The molecule has 0 amide bonds. The summed E-state index contributed by atoms with van der Waals surface area (Å²) in [4.78, 5) is 36.7. The lowest BCUT2D eigenvalue weighted by Crippen LogP contribution is -2.26. The van der Waals surface area contributed by atoms with Crippen molar-refractivity contribution >= 4 is 17.1 Å². The van der Waals surface area contributed by atoms with Gasteiger partial charge in [-0.15, -0.1) is 4.73 Å². The maximum absolute atomic E-state index is 11.2. The van der Waals surface area contributed by atoms with Crippen LogP contribution in [-0.4, -0.2) is 32.2 Å². The second-order valence-corrected chi connectivity index (χ2v) is 2.64. The van der Waals surface area contributed by atoms with Crippen LogP contribution < -0.4 is 16.1 Å². The maximum Gasteiger partial charge on any atom is 0.346 e. The van der Waals surface area contributed by atoms with Crippen molar-refractivity contribution in [3.05, 3.63) is 23.0 Å². The molecule has 2 aromatic heterocycles. The summed E-state index contributed by atoms with van der Waals surface area (Å²) in [6.07, 6.45) is 2.39. The zero-order chi connectivity index (χ0) is 10.8. The highest BCUT2D eigenvalue weighted by atomic mass is 16.7. The van der Waals surface area contributed by atoms with E-state index in [-0.39, 0.29) is 17.7 Å². The first kappa shape index (κ1) is 9.34. The standard InChI is InChI=1S/C7H7N5O3/c8-1-4(13)15-12-3-11-5-6(12)9-2-10-7(5)14/h2-3H,1,8H2,(H,9,10,14). The maximum atomic E-state index is 11.2. The smallest absolute Gasteiger partial charge is 0.332 e. The number of carbonyl (C=O) groups excluding carboxylic acids is 1. The number of nitrogens with one attached hydrogen (secondary N) is 1. The number of hydrogen-bond acceptors (Lipinski definition) is 6. The highest BCUT2D eigenvalue weighted by Crippen LogP contribution is 2.00. The number of imidazole rings is 1. The van der Waals surface area contributed by atoms with Gasteiger partial charge in [-0.1, -0.05) is 0 Å². The van der Waals surface area contributed by atoms with Gasteiger partial charge >= 0.3 is 11.5 Å². The Hall–Kier alpha value is -2.22. The fourth-order valence-corrected chi connectivity index (χ4v) is 1.05. The van der Waals surface area contributed by atoms with E-state index < -0.39 is 11.5 Å². The Balaban J connectivity index is 2.50. The molecule has 0 saturated heterocycles. The summed E-state index contributed by atoms with van der Waals surface area (Å²) >= 11 is 0. The molecule has 0 unspecified atom stereocenters. The monoisotopic (exact) mass is 209 g/mol. The molecule has 0 atom stereocenters. The van der Waals surface area contributed by atoms with E-state index in [0.29, 0.717) is 0 Å². The number of H-pyrrole nitrogens is 1. The third-order valence-electron chi connectivity index (χ3n) is 1.69. The Morgan fingerprint density at radius 3 is 3.13 bits per heavy atom. The fraction of sp³-hybridized carbons (Fsp3) is 0.143. The Bertz CT molecular complexity index is 557. The summed E-state index contributed by atoms with van der Waals surface area (Å²) in [6.45, 7) is -0.255. The van der Waals surface area contributed by atoms with Crippen molar-refractivity contribution in [2.24, 2.45) is 5.73 Å². The van der Waals surface area contributed by atoms with E-state index in [2.05, 4.69) is 15.0 Å². The van der Waals surface area contributed by atoms with E-state index in [1.165, 1.54) is 12.7 Å². The Kier molecular flexibility index (Phi) is 2.18. The predicted molar refractivity (Wildman–Crippen MR) is 48.8 cm³/mol. The van der Waals surface area contributed by atoms with Gasteiger partial charge in [0.15, 0.2) is 11.2 Å². The normalized spacial score (nSPS) is 10.5. The van der Waals surface area contributed by atoms with Gasteiger partial charge in [-0.25, -0.2) is 9.78 Å². The van der Waals surface area contributed by atoms with Gasteiger partial charge in [0, 0.05) is 0 Å². The van der Waals surface area contributed by atoms with Crippen molar-refractivity contribution in [3.63, 3.8) is 0 Å². The molecule has 0 aliphatic carbocycles. The number of fused-ring (bicyclic) bond motifs is 1. The number of aromatic nitrogens is 4. The molecule has 0 saturated carbocycles. The largest absolute Gasteiger partial charge is 0.346 e. The first-order valence-electron chi connectivity index (χ1n) is 4.04. The van der Waals surface area contributed by atoms with Crippen LogP contribution >= 0.6 is 0 Å². The lowest BCUT2D eigenvalue weighted by Gasteiger charge is -2.01. The summed E-state index contributed by atoms with van der Waals surface area (Å²) in [6, 6.07) is 0. The summed E-state index contributed by atoms with van der Waals surface area (Å²) < 4.78 is 1.04. The van der Waals surface area contributed by atoms with E-state index in [9.17, 15) is 9.59 Å². The van der Waals surface area contributed by atoms with E-state index in [0.717, 1.165) is 4.73 Å². The van der Waals surface area contributed by atoms with E-state index >= 15 is 0 Å². The van der Waals surface area contributed by atoms with Crippen LogP contribution in [0.15, 0.2) is 17.4 Å². The second-order valence-electron chi connectivity index (χ2n) is 2.64. The van der Waals surface area contributed by atoms with Gasteiger partial charge in [0.2, 0.25) is 0 Å². The summed E-state index contributed by atoms with van der Waals surface area (Å²) in [5.74, 6) is -0.632. The predicted octanol–water partition coefficient (Wildman–Crippen LogP) is -1.97. The summed E-state index contributed by atoms with van der Waals surface area (Å²) in [5, 5.41) is 0. The average molecular weight is 209 g/mol. The molecule has 78 valence electrons. The molecule has 2 rings (SSSR count). The quantitative estimate of drug-likeness (QED) is 0.592. The summed E-state index contributed by atoms with van der Waals surface area (Å²) in [7, 11) is 0. The minimum atomic E-state index is -0.632. The van der Waals surface area contributed by atoms with Crippen molar-refractivity contribution in [1.29, 1.82) is 0 Å². The van der Waals surface area contributed by atoms with Crippen LogP contribution in [0.3, 0.4) is 0 Å². The number of nitrogens with zero attached hydrogens (tertiary/aromatic N) is 3. The van der Waals surface area contributed by atoms with Gasteiger partial charge in [0.1, 0.15) is 6.33 Å². The first-order chi connectivity index (χ1) is 7.22. The minimum Gasteiger partial charge on any atom is -0.332 e. The molecule has 15 heavy (non-hydrogen) atoms. The molecule has 0 radical (unpaired) electrons. The molecule has 0 spiro atoms. The van der Waals surface area contributed by atoms with Gasteiger partial charge < -0.3 is 15.6 Å². The van der Waals surface area contributed by atoms with Crippen LogP contribution in [0, 0.1) is 0 Å². The van der Waals surface area contributed by atoms with Crippen molar-refractivity contribution in [3.8, 4) is 0 Å². The molecule has 0 aliphatic rings. The first-order valence-corrected chi connectivity index (χ1v) is 4.04. The average Bonchev–Trinajstić information content (AvgIpc) is 2.63. The van der Waals surface area contributed by atoms with Crippen LogP contribution in [0.2, 0.25) is 0 Å². The third-order valence-corrected chi connectivity index (χ3v) is 1.69. The lowest BCUT2D eigenvalue weighted by atomic mass is 10.5. The molecule has 0 fully saturated rings. The van der Waals surface area contributed by atoms with Crippen molar-refractivity contribution in [2.75, 3.05) is 6.54 Å². The molecule has 0 aliphatic heterocycles. The zero-order valence-corrected chi connectivity index (χ0v) is 7.51. The molecule has 2 aromatic rings. The topological polar surface area (TPSA) is 116 Å². The van der Waals surface area contributed by atoms with Crippen molar-refractivity contribution in [2.45, 2.75) is 0 Å². The molecular weight excluding hydrogens is 202 g/mol. The summed E-state index contributed by atoms with van der Waals surface area (Å²) in [5.41, 5.74) is 4.94. The number of hydrogen-bond donors (Lipinski definition) is 2. The molecular formula is C7H7N5O3. The molecule has 8 heteroatoms. The van der Waals surface area contributed by atoms with Crippen LogP contribution in [-0.2, 0) is 4.79 Å². The van der Waals surface area contributed by atoms with Gasteiger partial charge in [-0.2, -0.15) is 4.98 Å². The Morgan fingerprint density at radius 1 is 1.60 bits per heavy atom. The van der Waals surface area contributed by atoms with E-state index in [1.807, 2.05) is 0 Å². The van der Waals surface area contributed by atoms with Crippen LogP contribution in [0.4, 0.5) is 0 Å². The third kappa shape index (κ3) is 1.57. The van der Waals surface area contributed by atoms with Crippen LogP contribution in [0.25, 0.3) is 11.2 Å². The number of nitrogens with two attached hydrogens (primary N) is 1. The number of aromatic amines is 1. The highest BCUT2D eigenvalue weighted by molar-refractivity contribution is 5.74. The molecule has 0 aromatic carbocycles. The highest BCUT2D eigenvalue weighted by Gasteiger charge is 2.09. The van der Waals surface area contributed by atoms with Gasteiger partial charge in [-0.05, 0) is 0 Å². The molecule has 8 nitrogen and oxygen atoms in total. The van der Waals surface area contributed by atoms with Crippen molar-refractivity contribution < 1.29 is 9.63 Å². The number of rotatable bonds is 2. The second kappa shape index (κ2) is 3.50. The fourth-order valence-electron chi connectivity index (χ4n) is 1.05. The van der Waals surface area contributed by atoms with E-state index in [1.54, 1.807) is 0 Å². The molecule has 3 N–H and O–H groups in total. The zero-order valence-electron chi connectivity index (χ0n) is 7.51. The number of carbonyl (C=O) groups is 1. The lowest BCUT2D eigenvalue weighted by molar-refractivity contribution is -0.142. The SMILES string of the molecule is NCC(=O)On1cnc2c(=O)nc[nH]c21. The Labute approximate surface area is 82.7 Å². The molecule has 2 heterocycles.